The number of carbonyl (C=O) groups excluding carboxylic acids is 1. The zero-order valence-corrected chi connectivity index (χ0v) is 18.7. The predicted octanol–water partition coefficient (Wildman–Crippen LogP) is 3.95. The van der Waals surface area contributed by atoms with Gasteiger partial charge in [0.15, 0.2) is 11.4 Å². The number of nitrogens with zero attached hydrogens (tertiary/aromatic N) is 3. The van der Waals surface area contributed by atoms with Crippen LogP contribution in [0.15, 0.2) is 47.4 Å². The summed E-state index contributed by atoms with van der Waals surface area (Å²) in [5.74, 6) is -0.144. The molecule has 0 radical (unpaired) electrons. The molecule has 2 aromatic rings. The van der Waals surface area contributed by atoms with E-state index < -0.39 is 11.2 Å². The molecule has 1 amide bonds. The molecule has 0 bridgehead atoms. The molecular formula is C26H31N3O3. The first-order chi connectivity index (χ1) is 15.4. The number of pyridine rings is 1. The van der Waals surface area contributed by atoms with E-state index in [0.717, 1.165) is 19.3 Å². The second kappa shape index (κ2) is 6.87. The second-order valence-electron chi connectivity index (χ2n) is 10.7. The predicted molar refractivity (Wildman–Crippen MR) is 122 cm³/mol. The van der Waals surface area contributed by atoms with Crippen LogP contribution in [0.1, 0.15) is 74.3 Å². The highest BCUT2D eigenvalue weighted by atomic mass is 16.3. The second-order valence-corrected chi connectivity index (χ2v) is 10.7. The van der Waals surface area contributed by atoms with Crippen molar-refractivity contribution in [3.8, 4) is 5.75 Å². The van der Waals surface area contributed by atoms with Crippen LogP contribution < -0.4 is 10.4 Å². The Morgan fingerprint density at radius 3 is 2.47 bits per heavy atom. The van der Waals surface area contributed by atoms with Gasteiger partial charge in [0.05, 0.1) is 5.54 Å². The van der Waals surface area contributed by atoms with Crippen molar-refractivity contribution < 1.29 is 9.90 Å². The van der Waals surface area contributed by atoms with Gasteiger partial charge in [0.25, 0.3) is 5.91 Å². The van der Waals surface area contributed by atoms with E-state index in [4.69, 9.17) is 0 Å². The smallest absolute Gasteiger partial charge is 0.278 e. The zero-order chi connectivity index (χ0) is 22.1. The van der Waals surface area contributed by atoms with Crippen LogP contribution in [0.2, 0.25) is 0 Å². The molecule has 1 N–H and O–H groups in total. The first kappa shape index (κ1) is 19.9. The maximum absolute atomic E-state index is 13.7. The SMILES string of the molecule is CC1(c2ccccc2)CCCC2N(CC3CC4(CCC4)C3)C(=O)c3c(O)c(=O)ccn3N21. The average Bonchev–Trinajstić information content (AvgIpc) is 2.74. The number of carbonyl (C=O) groups is 1. The topological polar surface area (TPSA) is 65.8 Å². The van der Waals surface area contributed by atoms with E-state index in [-0.39, 0.29) is 23.3 Å². The minimum absolute atomic E-state index is 0.0891. The van der Waals surface area contributed by atoms with Gasteiger partial charge in [-0.2, -0.15) is 0 Å². The van der Waals surface area contributed by atoms with Gasteiger partial charge in [-0.25, -0.2) is 0 Å². The number of hydrogen-bond donors (Lipinski definition) is 1. The van der Waals surface area contributed by atoms with Gasteiger partial charge in [0.1, 0.15) is 6.17 Å². The number of fused-ring (bicyclic) bond motifs is 3. The van der Waals surface area contributed by atoms with Crippen LogP contribution in [0.5, 0.6) is 5.75 Å². The molecule has 6 heteroatoms. The summed E-state index contributed by atoms with van der Waals surface area (Å²) in [6.45, 7) is 2.92. The quantitative estimate of drug-likeness (QED) is 0.796. The van der Waals surface area contributed by atoms with Gasteiger partial charge in [-0.1, -0.05) is 36.8 Å². The van der Waals surface area contributed by atoms with Crippen molar-refractivity contribution in [3.63, 3.8) is 0 Å². The van der Waals surface area contributed by atoms with Crippen LogP contribution in [-0.4, -0.2) is 33.3 Å². The Balaban J connectivity index is 1.44. The monoisotopic (exact) mass is 433 g/mol. The third-order valence-electron chi connectivity index (χ3n) is 8.73. The molecule has 6 nitrogen and oxygen atoms in total. The summed E-state index contributed by atoms with van der Waals surface area (Å²) >= 11 is 0. The highest BCUT2D eigenvalue weighted by Crippen LogP contribution is 2.59. The molecule has 4 aliphatic rings. The molecule has 2 atom stereocenters. The van der Waals surface area contributed by atoms with Crippen LogP contribution in [-0.2, 0) is 5.54 Å². The molecule has 3 heterocycles. The molecule has 1 spiro atoms. The lowest BCUT2D eigenvalue weighted by molar-refractivity contribution is -0.0460. The van der Waals surface area contributed by atoms with Crippen LogP contribution in [0.25, 0.3) is 0 Å². The molecule has 1 saturated heterocycles. The fourth-order valence-corrected chi connectivity index (χ4v) is 6.97. The molecule has 1 aromatic carbocycles. The summed E-state index contributed by atoms with van der Waals surface area (Å²) in [7, 11) is 0. The number of benzene rings is 1. The molecule has 1 aromatic heterocycles. The summed E-state index contributed by atoms with van der Waals surface area (Å²) in [4.78, 5) is 28.0. The van der Waals surface area contributed by atoms with E-state index in [1.807, 2.05) is 23.1 Å². The number of rotatable bonds is 3. The van der Waals surface area contributed by atoms with Crippen LogP contribution in [0, 0.1) is 11.3 Å². The van der Waals surface area contributed by atoms with Crippen LogP contribution in [0.3, 0.4) is 0 Å². The third-order valence-corrected chi connectivity index (χ3v) is 8.73. The van der Waals surface area contributed by atoms with Gasteiger partial charge >= 0.3 is 0 Å². The Labute approximate surface area is 188 Å². The van der Waals surface area contributed by atoms with Gasteiger partial charge < -0.3 is 10.0 Å². The fourth-order valence-electron chi connectivity index (χ4n) is 6.97. The normalized spacial score (nSPS) is 28.7. The molecule has 2 unspecified atom stereocenters. The Bertz CT molecular complexity index is 1110. The molecule has 3 fully saturated rings. The fraction of sp³-hybridized carbons (Fsp3) is 0.538. The first-order valence-electron chi connectivity index (χ1n) is 12.0. The molecule has 168 valence electrons. The number of piperidine rings is 1. The maximum atomic E-state index is 13.7. The van der Waals surface area contributed by atoms with Crippen LogP contribution in [0.4, 0.5) is 0 Å². The molecule has 6 rings (SSSR count). The van der Waals surface area contributed by atoms with E-state index in [2.05, 4.69) is 24.1 Å². The van der Waals surface area contributed by atoms with Crippen molar-refractivity contribution in [2.75, 3.05) is 11.6 Å². The minimum atomic E-state index is -0.501. The highest BCUT2D eigenvalue weighted by Gasteiger charge is 2.53. The Morgan fingerprint density at radius 1 is 1.03 bits per heavy atom. The Morgan fingerprint density at radius 2 is 1.78 bits per heavy atom. The zero-order valence-electron chi connectivity index (χ0n) is 18.7. The maximum Gasteiger partial charge on any atom is 0.278 e. The Hall–Kier alpha value is -2.76. The summed E-state index contributed by atoms with van der Waals surface area (Å²) in [5.41, 5.74) is 0.980. The number of hydrogen-bond acceptors (Lipinski definition) is 4. The van der Waals surface area contributed by atoms with Gasteiger partial charge in [-0.15, -0.1) is 0 Å². The van der Waals surface area contributed by atoms with Crippen molar-refractivity contribution >= 4 is 5.91 Å². The van der Waals surface area contributed by atoms with Gasteiger partial charge in [-0.05, 0) is 68.8 Å². The van der Waals surface area contributed by atoms with Gasteiger partial charge in [0.2, 0.25) is 5.43 Å². The van der Waals surface area contributed by atoms with Crippen molar-refractivity contribution in [2.24, 2.45) is 11.3 Å². The standard InChI is InChI=1S/C26H31N3O3/c1-25(19-7-3-2-4-8-19)11-5-9-21-27(17-18-15-26(16-18)12-6-13-26)24(32)22-23(31)20(30)10-14-28(22)29(21)25/h2-4,7-8,10,14,18,21,31H,5-6,9,11-13,15-17H2,1H3. The van der Waals surface area contributed by atoms with Crippen molar-refractivity contribution in [1.82, 2.24) is 9.58 Å². The minimum Gasteiger partial charge on any atom is -0.502 e. The van der Waals surface area contributed by atoms with Gasteiger partial charge in [0, 0.05) is 18.8 Å². The summed E-state index contributed by atoms with van der Waals surface area (Å²) in [6.07, 6.45) is 10.8. The molecule has 2 saturated carbocycles. The lowest BCUT2D eigenvalue weighted by atomic mass is 9.52. The number of aromatic nitrogens is 1. The number of amides is 1. The first-order valence-corrected chi connectivity index (χ1v) is 12.0. The summed E-state index contributed by atoms with van der Waals surface area (Å²) < 4.78 is 1.76. The largest absolute Gasteiger partial charge is 0.502 e. The van der Waals surface area contributed by atoms with Crippen molar-refractivity contribution in [1.29, 1.82) is 0 Å². The average molecular weight is 434 g/mol. The van der Waals surface area contributed by atoms with E-state index >= 15 is 0 Å². The van der Waals surface area contributed by atoms with E-state index in [1.54, 1.807) is 10.9 Å². The van der Waals surface area contributed by atoms with E-state index in [0.29, 0.717) is 17.9 Å². The highest BCUT2D eigenvalue weighted by molar-refractivity contribution is 5.96. The van der Waals surface area contributed by atoms with E-state index in [9.17, 15) is 14.7 Å². The lowest BCUT2D eigenvalue weighted by Crippen LogP contribution is -2.69. The van der Waals surface area contributed by atoms with Crippen LogP contribution >= 0.6 is 0 Å². The summed E-state index contributed by atoms with van der Waals surface area (Å²) in [6, 6.07) is 11.8. The van der Waals surface area contributed by atoms with Crippen molar-refractivity contribution in [2.45, 2.75) is 70.0 Å². The molecule has 32 heavy (non-hydrogen) atoms. The number of aromatic hydroxyl groups is 1. The third kappa shape index (κ3) is 2.71. The van der Waals surface area contributed by atoms with Gasteiger partial charge in [-0.3, -0.25) is 19.3 Å². The molecular weight excluding hydrogens is 402 g/mol. The Kier molecular flexibility index (Phi) is 4.27. The van der Waals surface area contributed by atoms with E-state index in [1.165, 1.54) is 43.7 Å². The summed E-state index contributed by atoms with van der Waals surface area (Å²) in [5, 5.41) is 12.9. The molecule has 2 aliphatic carbocycles. The lowest BCUT2D eigenvalue weighted by Gasteiger charge is -2.59. The van der Waals surface area contributed by atoms with Crippen molar-refractivity contribution in [3.05, 3.63) is 64.1 Å². The molecule has 2 aliphatic heterocycles.